The minimum Gasteiger partial charge on any atom is -0.385 e. The van der Waals surface area contributed by atoms with Crippen molar-refractivity contribution in [3.63, 3.8) is 0 Å². The van der Waals surface area contributed by atoms with Crippen molar-refractivity contribution in [3.05, 3.63) is 0 Å². The van der Waals surface area contributed by atoms with Crippen LogP contribution in [-0.4, -0.2) is 52.2 Å². The van der Waals surface area contributed by atoms with E-state index in [0.717, 1.165) is 32.6 Å². The Morgan fingerprint density at radius 2 is 1.95 bits per heavy atom. The van der Waals surface area contributed by atoms with E-state index in [2.05, 4.69) is 26.1 Å². The highest BCUT2D eigenvalue weighted by molar-refractivity contribution is 5.02. The molecule has 0 bridgehead atoms. The molecule has 0 aromatic rings. The SMILES string of the molecule is CCCNC1CC(OCCOCCCOC)C1(C)C. The maximum absolute atomic E-state index is 5.91. The molecule has 4 heteroatoms. The molecule has 1 rings (SSSR count). The van der Waals surface area contributed by atoms with Gasteiger partial charge < -0.3 is 19.5 Å². The van der Waals surface area contributed by atoms with Gasteiger partial charge in [0.25, 0.3) is 0 Å². The number of hydrogen-bond donors (Lipinski definition) is 1. The van der Waals surface area contributed by atoms with Crippen LogP contribution in [0.25, 0.3) is 0 Å². The van der Waals surface area contributed by atoms with Crippen LogP contribution < -0.4 is 5.32 Å². The van der Waals surface area contributed by atoms with E-state index in [9.17, 15) is 0 Å². The molecule has 1 fully saturated rings. The summed E-state index contributed by atoms with van der Waals surface area (Å²) in [5.41, 5.74) is 0.241. The van der Waals surface area contributed by atoms with Gasteiger partial charge in [-0.05, 0) is 25.8 Å². The maximum atomic E-state index is 5.91. The Bertz CT molecular complexity index is 233. The van der Waals surface area contributed by atoms with Gasteiger partial charge in [-0.3, -0.25) is 0 Å². The maximum Gasteiger partial charge on any atom is 0.0704 e. The van der Waals surface area contributed by atoms with Gasteiger partial charge in [0.05, 0.1) is 19.3 Å². The quantitative estimate of drug-likeness (QED) is 0.586. The molecule has 4 nitrogen and oxygen atoms in total. The van der Waals surface area contributed by atoms with Crippen molar-refractivity contribution in [2.24, 2.45) is 5.41 Å². The van der Waals surface area contributed by atoms with Crippen LogP contribution in [0.1, 0.15) is 40.0 Å². The Labute approximate surface area is 118 Å². The first-order valence-electron chi connectivity index (χ1n) is 7.54. The zero-order valence-corrected chi connectivity index (χ0v) is 13.0. The van der Waals surface area contributed by atoms with E-state index in [-0.39, 0.29) is 5.41 Å². The fraction of sp³-hybridized carbons (Fsp3) is 1.00. The van der Waals surface area contributed by atoms with Crippen molar-refractivity contribution in [2.75, 3.05) is 40.1 Å². The first-order chi connectivity index (χ1) is 9.12. The monoisotopic (exact) mass is 273 g/mol. The van der Waals surface area contributed by atoms with E-state index in [1.807, 2.05) is 0 Å². The van der Waals surface area contributed by atoms with Crippen LogP contribution in [0.2, 0.25) is 0 Å². The molecule has 2 atom stereocenters. The lowest BCUT2D eigenvalue weighted by Crippen LogP contribution is -2.61. The van der Waals surface area contributed by atoms with E-state index in [0.29, 0.717) is 25.4 Å². The number of ether oxygens (including phenoxy) is 3. The summed E-state index contributed by atoms with van der Waals surface area (Å²) in [6.07, 6.45) is 3.63. The molecule has 2 unspecified atom stereocenters. The molecule has 1 saturated carbocycles. The second kappa shape index (κ2) is 8.90. The highest BCUT2D eigenvalue weighted by Crippen LogP contribution is 2.42. The first kappa shape index (κ1) is 16.9. The fourth-order valence-corrected chi connectivity index (χ4v) is 2.49. The number of hydrogen-bond acceptors (Lipinski definition) is 4. The summed E-state index contributed by atoms with van der Waals surface area (Å²) < 4.78 is 16.4. The minimum atomic E-state index is 0.241. The van der Waals surface area contributed by atoms with E-state index < -0.39 is 0 Å². The summed E-state index contributed by atoms with van der Waals surface area (Å²) in [5.74, 6) is 0. The topological polar surface area (TPSA) is 39.7 Å². The summed E-state index contributed by atoms with van der Waals surface area (Å²) in [4.78, 5) is 0. The van der Waals surface area contributed by atoms with Gasteiger partial charge in [0, 0.05) is 31.8 Å². The highest BCUT2D eigenvalue weighted by Gasteiger charge is 2.48. The summed E-state index contributed by atoms with van der Waals surface area (Å²) in [7, 11) is 1.71. The van der Waals surface area contributed by atoms with Crippen LogP contribution in [0.5, 0.6) is 0 Å². The van der Waals surface area contributed by atoms with E-state index >= 15 is 0 Å². The van der Waals surface area contributed by atoms with Gasteiger partial charge in [-0.1, -0.05) is 20.8 Å². The molecule has 0 aromatic carbocycles. The van der Waals surface area contributed by atoms with Crippen LogP contribution in [0, 0.1) is 5.41 Å². The van der Waals surface area contributed by atoms with Crippen LogP contribution in [-0.2, 0) is 14.2 Å². The van der Waals surface area contributed by atoms with Crippen molar-refractivity contribution >= 4 is 0 Å². The zero-order chi connectivity index (χ0) is 14.1. The van der Waals surface area contributed by atoms with Crippen LogP contribution in [0.15, 0.2) is 0 Å². The van der Waals surface area contributed by atoms with E-state index in [1.54, 1.807) is 7.11 Å². The molecule has 0 saturated heterocycles. The van der Waals surface area contributed by atoms with Crippen molar-refractivity contribution in [2.45, 2.75) is 52.2 Å². The third-order valence-electron chi connectivity index (χ3n) is 4.00. The lowest BCUT2D eigenvalue weighted by Gasteiger charge is -2.52. The van der Waals surface area contributed by atoms with Crippen molar-refractivity contribution < 1.29 is 14.2 Å². The number of nitrogens with one attached hydrogen (secondary N) is 1. The molecule has 1 N–H and O–H groups in total. The van der Waals surface area contributed by atoms with Gasteiger partial charge in [-0.2, -0.15) is 0 Å². The molecule has 1 aliphatic rings. The van der Waals surface area contributed by atoms with Crippen LogP contribution >= 0.6 is 0 Å². The Morgan fingerprint density at radius 1 is 1.16 bits per heavy atom. The second-order valence-electron chi connectivity index (χ2n) is 5.88. The minimum absolute atomic E-state index is 0.241. The van der Waals surface area contributed by atoms with E-state index in [1.165, 1.54) is 6.42 Å². The molecule has 114 valence electrons. The molecule has 19 heavy (non-hydrogen) atoms. The largest absolute Gasteiger partial charge is 0.385 e. The highest BCUT2D eigenvalue weighted by atomic mass is 16.5. The molecule has 0 spiro atoms. The van der Waals surface area contributed by atoms with Gasteiger partial charge in [0.15, 0.2) is 0 Å². The lowest BCUT2D eigenvalue weighted by molar-refractivity contribution is -0.127. The molecule has 0 aliphatic heterocycles. The standard InChI is InChI=1S/C15H31NO3/c1-5-7-16-13-12-14(15(13,2)3)19-11-10-18-9-6-8-17-4/h13-14,16H,5-12H2,1-4H3. The van der Waals surface area contributed by atoms with Gasteiger partial charge in [-0.15, -0.1) is 0 Å². The smallest absolute Gasteiger partial charge is 0.0704 e. The van der Waals surface area contributed by atoms with Crippen LogP contribution in [0.3, 0.4) is 0 Å². The number of methoxy groups -OCH3 is 1. The third-order valence-corrected chi connectivity index (χ3v) is 4.00. The molecule has 0 heterocycles. The van der Waals surface area contributed by atoms with Gasteiger partial charge in [0.2, 0.25) is 0 Å². The molecule has 0 aromatic heterocycles. The van der Waals surface area contributed by atoms with Crippen molar-refractivity contribution in [1.29, 1.82) is 0 Å². The Kier molecular flexibility index (Phi) is 7.91. The normalized spacial score (nSPS) is 25.3. The molecular formula is C15H31NO3. The van der Waals surface area contributed by atoms with Gasteiger partial charge in [0.1, 0.15) is 0 Å². The summed E-state index contributed by atoms with van der Waals surface area (Å²) in [6, 6.07) is 0.597. The summed E-state index contributed by atoms with van der Waals surface area (Å²) >= 11 is 0. The molecule has 1 aliphatic carbocycles. The van der Waals surface area contributed by atoms with Gasteiger partial charge in [-0.25, -0.2) is 0 Å². The van der Waals surface area contributed by atoms with Crippen molar-refractivity contribution in [1.82, 2.24) is 5.32 Å². The third kappa shape index (κ3) is 5.38. The Morgan fingerprint density at radius 3 is 2.58 bits per heavy atom. The molecule has 0 amide bonds. The lowest BCUT2D eigenvalue weighted by atomic mass is 9.64. The van der Waals surface area contributed by atoms with Crippen LogP contribution in [0.4, 0.5) is 0 Å². The van der Waals surface area contributed by atoms with E-state index in [4.69, 9.17) is 14.2 Å². The number of rotatable bonds is 11. The molecular weight excluding hydrogens is 242 g/mol. The fourth-order valence-electron chi connectivity index (χ4n) is 2.49. The van der Waals surface area contributed by atoms with Gasteiger partial charge >= 0.3 is 0 Å². The second-order valence-corrected chi connectivity index (χ2v) is 5.88. The molecule has 0 radical (unpaired) electrons. The predicted octanol–water partition coefficient (Wildman–Crippen LogP) is 2.22. The van der Waals surface area contributed by atoms with Crippen molar-refractivity contribution in [3.8, 4) is 0 Å². The average Bonchev–Trinajstić information content (AvgIpc) is 2.39. The summed E-state index contributed by atoms with van der Waals surface area (Å²) in [5, 5.41) is 3.59. The zero-order valence-electron chi connectivity index (χ0n) is 13.0. The Balaban J connectivity index is 2.02. The Hall–Kier alpha value is -0.160. The average molecular weight is 273 g/mol. The summed E-state index contributed by atoms with van der Waals surface area (Å²) in [6.45, 7) is 10.8. The predicted molar refractivity (Wildman–Crippen MR) is 77.5 cm³/mol. The first-order valence-corrected chi connectivity index (χ1v) is 7.54.